The van der Waals surface area contributed by atoms with Gasteiger partial charge in [0.25, 0.3) is 11.8 Å². The van der Waals surface area contributed by atoms with Gasteiger partial charge in [0.1, 0.15) is 5.82 Å². The standard InChI is InChI=1S/C22H19F3N6O3/c1-11-26-14-4-2-12(8-16(14)27-11)20(33)31-6-7-34-18(10-31)19(32)28-13-3-5-15-17(9-13)30-21(29-15)22(23,24)25/h2-5,8-9,18H,6-7,10H2,1H3,(H,26,27)(H,28,32)(H,29,30). The van der Waals surface area contributed by atoms with Gasteiger partial charge in [-0.15, -0.1) is 0 Å². The molecular weight excluding hydrogens is 453 g/mol. The van der Waals surface area contributed by atoms with Crippen molar-refractivity contribution >= 4 is 39.6 Å². The monoisotopic (exact) mass is 472 g/mol. The number of hydrogen-bond donors (Lipinski definition) is 3. The lowest BCUT2D eigenvalue weighted by Gasteiger charge is -2.32. The minimum atomic E-state index is -4.60. The number of anilines is 1. The minimum absolute atomic E-state index is 0.0369. The van der Waals surface area contributed by atoms with Crippen LogP contribution in [0, 0.1) is 6.92 Å². The first kappa shape index (κ1) is 21.9. The quantitative estimate of drug-likeness (QED) is 0.423. The Morgan fingerprint density at radius 2 is 1.82 bits per heavy atom. The third-order valence-corrected chi connectivity index (χ3v) is 5.51. The van der Waals surface area contributed by atoms with Gasteiger partial charge in [-0.3, -0.25) is 9.59 Å². The number of ether oxygens (including phenoxy) is 1. The number of rotatable bonds is 3. The molecule has 1 aliphatic rings. The second-order valence-corrected chi connectivity index (χ2v) is 7.97. The minimum Gasteiger partial charge on any atom is -0.365 e. The molecule has 0 aliphatic carbocycles. The number of imidazole rings is 2. The number of aromatic nitrogens is 4. The van der Waals surface area contributed by atoms with Crippen LogP contribution in [0.15, 0.2) is 36.4 Å². The van der Waals surface area contributed by atoms with Crippen molar-refractivity contribution in [3.05, 3.63) is 53.6 Å². The Kier molecular flexibility index (Phi) is 5.24. The molecular formula is C22H19F3N6O3. The van der Waals surface area contributed by atoms with Crippen LogP contribution in [0.4, 0.5) is 18.9 Å². The number of morpholine rings is 1. The van der Waals surface area contributed by atoms with E-state index in [1.165, 1.54) is 23.1 Å². The summed E-state index contributed by atoms with van der Waals surface area (Å²) >= 11 is 0. The summed E-state index contributed by atoms with van der Waals surface area (Å²) in [5.74, 6) is -1.12. The molecule has 34 heavy (non-hydrogen) atoms. The molecule has 2 aromatic heterocycles. The highest BCUT2D eigenvalue weighted by Gasteiger charge is 2.35. The van der Waals surface area contributed by atoms with Crippen molar-refractivity contribution in [3.63, 3.8) is 0 Å². The number of fused-ring (bicyclic) bond motifs is 2. The summed E-state index contributed by atoms with van der Waals surface area (Å²) in [6.45, 7) is 2.36. The zero-order valence-corrected chi connectivity index (χ0v) is 17.9. The number of halogens is 3. The summed E-state index contributed by atoms with van der Waals surface area (Å²) in [5.41, 5.74) is 2.50. The van der Waals surface area contributed by atoms with Crippen LogP contribution >= 0.6 is 0 Å². The van der Waals surface area contributed by atoms with Crippen LogP contribution in [-0.4, -0.2) is 62.5 Å². The topological polar surface area (TPSA) is 116 Å². The number of aryl methyl sites for hydroxylation is 1. The second-order valence-electron chi connectivity index (χ2n) is 7.97. The largest absolute Gasteiger partial charge is 0.449 e. The fourth-order valence-corrected chi connectivity index (χ4v) is 3.89. The van der Waals surface area contributed by atoms with E-state index in [4.69, 9.17) is 4.74 Å². The number of nitrogens with zero attached hydrogens (tertiary/aromatic N) is 3. The van der Waals surface area contributed by atoms with Crippen molar-refractivity contribution in [1.82, 2.24) is 24.8 Å². The molecule has 1 atom stereocenters. The molecule has 3 heterocycles. The molecule has 176 valence electrons. The first-order chi connectivity index (χ1) is 16.2. The second kappa shape index (κ2) is 8.13. The summed E-state index contributed by atoms with van der Waals surface area (Å²) in [6.07, 6.45) is -5.53. The van der Waals surface area contributed by atoms with Crippen LogP contribution in [0.3, 0.4) is 0 Å². The van der Waals surface area contributed by atoms with Crippen LogP contribution in [0.2, 0.25) is 0 Å². The number of benzene rings is 2. The van der Waals surface area contributed by atoms with Gasteiger partial charge in [-0.25, -0.2) is 9.97 Å². The molecule has 2 aromatic carbocycles. The normalized spacial score (nSPS) is 16.8. The van der Waals surface area contributed by atoms with Crippen LogP contribution in [0.25, 0.3) is 22.1 Å². The van der Waals surface area contributed by atoms with Gasteiger partial charge < -0.3 is 24.9 Å². The fraction of sp³-hybridized carbons (Fsp3) is 0.273. The van der Waals surface area contributed by atoms with Crippen molar-refractivity contribution in [2.75, 3.05) is 25.0 Å². The number of carbonyl (C=O) groups excluding carboxylic acids is 2. The average molecular weight is 472 g/mol. The van der Waals surface area contributed by atoms with Crippen LogP contribution in [0.5, 0.6) is 0 Å². The van der Waals surface area contributed by atoms with Gasteiger partial charge >= 0.3 is 6.18 Å². The van der Waals surface area contributed by atoms with Crippen LogP contribution < -0.4 is 5.32 Å². The van der Waals surface area contributed by atoms with Gasteiger partial charge in [0.15, 0.2) is 6.10 Å². The number of carbonyl (C=O) groups is 2. The van der Waals surface area contributed by atoms with Crippen LogP contribution in [0.1, 0.15) is 22.0 Å². The maximum Gasteiger partial charge on any atom is 0.449 e. The zero-order valence-electron chi connectivity index (χ0n) is 17.9. The van der Waals surface area contributed by atoms with Crippen molar-refractivity contribution in [3.8, 4) is 0 Å². The summed E-state index contributed by atoms with van der Waals surface area (Å²) in [4.78, 5) is 40.4. The highest BCUT2D eigenvalue weighted by atomic mass is 19.4. The molecule has 3 N–H and O–H groups in total. The van der Waals surface area contributed by atoms with E-state index in [2.05, 4.69) is 25.3 Å². The van der Waals surface area contributed by atoms with Crippen molar-refractivity contribution in [2.45, 2.75) is 19.2 Å². The Morgan fingerprint density at radius 1 is 1.09 bits per heavy atom. The number of amides is 2. The predicted molar refractivity (Wildman–Crippen MR) is 116 cm³/mol. The molecule has 0 spiro atoms. The Hall–Kier alpha value is -3.93. The molecule has 1 aliphatic heterocycles. The Balaban J connectivity index is 1.28. The molecule has 1 unspecified atom stereocenters. The van der Waals surface area contributed by atoms with E-state index in [-0.39, 0.29) is 35.8 Å². The fourth-order valence-electron chi connectivity index (χ4n) is 3.89. The maximum atomic E-state index is 13.0. The Morgan fingerprint density at radius 3 is 2.62 bits per heavy atom. The summed E-state index contributed by atoms with van der Waals surface area (Å²) < 4.78 is 44.1. The summed E-state index contributed by atoms with van der Waals surface area (Å²) in [5, 5.41) is 2.63. The van der Waals surface area contributed by atoms with Crippen LogP contribution in [-0.2, 0) is 15.7 Å². The molecule has 2 amide bonds. The van der Waals surface area contributed by atoms with Crippen molar-refractivity contribution in [2.24, 2.45) is 0 Å². The number of H-pyrrole nitrogens is 2. The lowest BCUT2D eigenvalue weighted by molar-refractivity contribution is -0.144. The number of nitrogens with one attached hydrogen (secondary N) is 3. The molecule has 5 rings (SSSR count). The zero-order chi connectivity index (χ0) is 24.0. The van der Waals surface area contributed by atoms with Gasteiger partial charge in [-0.05, 0) is 43.3 Å². The van der Waals surface area contributed by atoms with E-state index >= 15 is 0 Å². The SMILES string of the molecule is Cc1nc2ccc(C(=O)N3CCOC(C(=O)Nc4ccc5nc(C(F)(F)F)[nH]c5c4)C3)cc2[nH]1. The number of alkyl halides is 3. The van der Waals surface area contributed by atoms with E-state index < -0.39 is 24.0 Å². The molecule has 4 aromatic rings. The van der Waals surface area contributed by atoms with E-state index in [0.29, 0.717) is 12.1 Å². The Bertz CT molecular complexity index is 1410. The molecule has 0 saturated carbocycles. The Labute approximate surface area is 190 Å². The van der Waals surface area contributed by atoms with Crippen molar-refractivity contribution < 1.29 is 27.5 Å². The van der Waals surface area contributed by atoms with Gasteiger partial charge in [0.05, 0.1) is 35.2 Å². The maximum absolute atomic E-state index is 13.0. The molecule has 9 nitrogen and oxygen atoms in total. The highest BCUT2D eigenvalue weighted by molar-refractivity contribution is 5.99. The average Bonchev–Trinajstić information content (AvgIpc) is 3.40. The highest BCUT2D eigenvalue weighted by Crippen LogP contribution is 2.29. The lowest BCUT2D eigenvalue weighted by atomic mass is 10.1. The molecule has 1 saturated heterocycles. The van der Waals surface area contributed by atoms with Gasteiger partial charge in [-0.2, -0.15) is 13.2 Å². The van der Waals surface area contributed by atoms with E-state index in [9.17, 15) is 22.8 Å². The number of aromatic amines is 2. The number of hydrogen-bond acceptors (Lipinski definition) is 5. The van der Waals surface area contributed by atoms with E-state index in [1.807, 2.05) is 6.92 Å². The molecule has 0 bridgehead atoms. The molecule has 12 heteroatoms. The lowest BCUT2D eigenvalue weighted by Crippen LogP contribution is -2.50. The third-order valence-electron chi connectivity index (χ3n) is 5.51. The predicted octanol–water partition coefficient (Wildman–Crippen LogP) is 3.25. The van der Waals surface area contributed by atoms with Crippen molar-refractivity contribution in [1.29, 1.82) is 0 Å². The molecule has 0 radical (unpaired) electrons. The first-order valence-electron chi connectivity index (χ1n) is 10.4. The first-order valence-corrected chi connectivity index (χ1v) is 10.4. The summed E-state index contributed by atoms with van der Waals surface area (Å²) in [7, 11) is 0. The van der Waals surface area contributed by atoms with E-state index in [0.717, 1.165) is 16.9 Å². The molecule has 1 fully saturated rings. The third kappa shape index (κ3) is 4.19. The van der Waals surface area contributed by atoms with Gasteiger partial charge in [0.2, 0.25) is 5.82 Å². The van der Waals surface area contributed by atoms with Gasteiger partial charge in [0, 0.05) is 17.8 Å². The smallest absolute Gasteiger partial charge is 0.365 e. The summed E-state index contributed by atoms with van der Waals surface area (Å²) in [6, 6.07) is 9.35. The van der Waals surface area contributed by atoms with E-state index in [1.54, 1.807) is 18.2 Å². The van der Waals surface area contributed by atoms with Gasteiger partial charge in [-0.1, -0.05) is 0 Å².